The van der Waals surface area contributed by atoms with Gasteiger partial charge in [-0.05, 0) is 31.0 Å². The van der Waals surface area contributed by atoms with Crippen molar-refractivity contribution in [2.45, 2.75) is 44.9 Å². The molecule has 4 rings (SSSR count). The Morgan fingerprint density at radius 2 is 1.52 bits per heavy atom. The quantitative estimate of drug-likeness (QED) is 0.448. The number of hydrogen-bond donors (Lipinski definition) is 1. The van der Waals surface area contributed by atoms with Crippen LogP contribution in [0.1, 0.15) is 37.0 Å². The number of benzene rings is 2. The molecule has 2 heterocycles. The number of pyridine rings is 1. The Bertz CT molecular complexity index is 1030. The van der Waals surface area contributed by atoms with Crippen LogP contribution in [0.4, 0.5) is 0 Å². The van der Waals surface area contributed by atoms with Crippen molar-refractivity contribution >= 4 is 15.9 Å². The molecule has 3 aromatic rings. The molecule has 0 radical (unpaired) electrons. The van der Waals surface area contributed by atoms with Gasteiger partial charge in [-0.2, -0.15) is 0 Å². The van der Waals surface area contributed by atoms with Crippen LogP contribution in [0.5, 0.6) is 0 Å². The molecule has 0 saturated heterocycles. The largest absolute Gasteiger partial charge is 0.351 e. The van der Waals surface area contributed by atoms with Gasteiger partial charge in [0.05, 0.1) is 13.2 Å². The number of rotatable bonds is 7. The minimum atomic E-state index is -0.767. The van der Waals surface area contributed by atoms with Crippen molar-refractivity contribution < 1.29 is 9.47 Å². The molecule has 1 aromatic heterocycles. The summed E-state index contributed by atoms with van der Waals surface area (Å²) in [6.07, 6.45) is 4.32. The lowest BCUT2D eigenvalue weighted by molar-refractivity contribution is -0.161. The zero-order valence-corrected chi connectivity index (χ0v) is 19.4. The van der Waals surface area contributed by atoms with Crippen molar-refractivity contribution in [2.75, 3.05) is 0 Å². The first-order valence-corrected chi connectivity index (χ1v) is 11.2. The minimum Gasteiger partial charge on any atom is -0.351 e. The van der Waals surface area contributed by atoms with Crippen LogP contribution in [-0.4, -0.2) is 10.7 Å². The fraction of sp³-hybridized carbons (Fsp3) is 0.269. The molecule has 2 unspecified atom stereocenters. The van der Waals surface area contributed by atoms with Gasteiger partial charge in [-0.3, -0.25) is 10.3 Å². The smallest absolute Gasteiger partial charge is 0.153 e. The average molecular weight is 479 g/mol. The van der Waals surface area contributed by atoms with E-state index in [1.165, 1.54) is 5.57 Å². The minimum absolute atomic E-state index is 0.475. The Morgan fingerprint density at radius 1 is 0.903 bits per heavy atom. The Labute approximate surface area is 192 Å². The van der Waals surface area contributed by atoms with E-state index >= 15 is 0 Å². The Balaban J connectivity index is 1.66. The fourth-order valence-electron chi connectivity index (χ4n) is 3.97. The third-order valence-corrected chi connectivity index (χ3v) is 7.01. The molecule has 5 heteroatoms. The predicted molar refractivity (Wildman–Crippen MR) is 126 cm³/mol. The summed E-state index contributed by atoms with van der Waals surface area (Å²) >= 11 is 3.79. The zero-order chi connectivity index (χ0) is 21.7. The van der Waals surface area contributed by atoms with Crippen LogP contribution in [0.15, 0.2) is 95.2 Å². The van der Waals surface area contributed by atoms with Crippen LogP contribution < -0.4 is 5.32 Å². The lowest BCUT2D eigenvalue weighted by Crippen LogP contribution is -2.60. The number of nitrogens with one attached hydrogen (secondary N) is 1. The molecule has 1 N–H and O–H groups in total. The molecule has 0 aliphatic carbocycles. The molecular formula is C26H27BrN2O2. The second-order valence-electron chi connectivity index (χ2n) is 8.05. The molecule has 0 saturated carbocycles. The maximum Gasteiger partial charge on any atom is 0.153 e. The van der Waals surface area contributed by atoms with Gasteiger partial charge in [0, 0.05) is 28.9 Å². The highest BCUT2D eigenvalue weighted by atomic mass is 79.9. The second-order valence-corrected chi connectivity index (χ2v) is 8.84. The van der Waals surface area contributed by atoms with Crippen LogP contribution in [0.2, 0.25) is 0 Å². The molecule has 2 aromatic carbocycles. The van der Waals surface area contributed by atoms with Gasteiger partial charge in [-0.15, -0.1) is 0 Å². The third-order valence-electron chi connectivity index (χ3n) is 5.57. The molecule has 1 aliphatic rings. The molecule has 0 amide bonds. The number of nitrogens with zero attached hydrogens (tertiary/aromatic N) is 1. The van der Waals surface area contributed by atoms with E-state index in [2.05, 4.69) is 63.5 Å². The molecule has 0 spiro atoms. The van der Waals surface area contributed by atoms with Gasteiger partial charge < -0.3 is 9.47 Å². The highest BCUT2D eigenvalue weighted by Crippen LogP contribution is 2.43. The van der Waals surface area contributed by atoms with Gasteiger partial charge in [-0.1, -0.05) is 88.2 Å². The summed E-state index contributed by atoms with van der Waals surface area (Å²) in [5.41, 5.74) is 2.85. The van der Waals surface area contributed by atoms with Crippen LogP contribution in [0.25, 0.3) is 0 Å². The number of hydrogen-bond acceptors (Lipinski definition) is 4. The van der Waals surface area contributed by atoms with Crippen LogP contribution in [-0.2, 0) is 28.4 Å². The van der Waals surface area contributed by atoms with E-state index in [0.29, 0.717) is 19.6 Å². The van der Waals surface area contributed by atoms with Gasteiger partial charge in [0.25, 0.3) is 0 Å². The fourth-order valence-corrected chi connectivity index (χ4v) is 4.32. The first-order valence-electron chi connectivity index (χ1n) is 10.4. The average Bonchev–Trinajstić information content (AvgIpc) is 2.82. The van der Waals surface area contributed by atoms with Crippen LogP contribution in [0, 0.1) is 0 Å². The number of halogens is 1. The SMILES string of the molecule is CC1=C(Br)C(C)(OCc2ccccc2)NC(OCc2ccccc2)(c2cccnc2)C1. The van der Waals surface area contributed by atoms with Crippen molar-refractivity contribution in [2.24, 2.45) is 0 Å². The van der Waals surface area contributed by atoms with Crippen LogP contribution in [0.3, 0.4) is 0 Å². The topological polar surface area (TPSA) is 43.4 Å². The maximum absolute atomic E-state index is 6.62. The van der Waals surface area contributed by atoms with Gasteiger partial charge in [-0.25, -0.2) is 0 Å². The summed E-state index contributed by atoms with van der Waals surface area (Å²) in [7, 11) is 0. The molecular weight excluding hydrogens is 452 g/mol. The highest BCUT2D eigenvalue weighted by molar-refractivity contribution is 9.11. The molecule has 1 aliphatic heterocycles. The van der Waals surface area contributed by atoms with E-state index in [1.54, 1.807) is 6.20 Å². The monoisotopic (exact) mass is 478 g/mol. The van der Waals surface area contributed by atoms with Gasteiger partial charge in [0.1, 0.15) is 0 Å². The molecule has 160 valence electrons. The normalized spacial score (nSPS) is 23.7. The summed E-state index contributed by atoms with van der Waals surface area (Å²) in [6, 6.07) is 24.4. The van der Waals surface area contributed by atoms with Crippen molar-refractivity contribution in [1.82, 2.24) is 10.3 Å². The second kappa shape index (κ2) is 9.45. The predicted octanol–water partition coefficient (Wildman–Crippen LogP) is 6.05. The maximum atomic E-state index is 6.62. The van der Waals surface area contributed by atoms with E-state index in [1.807, 2.05) is 55.6 Å². The Morgan fingerprint density at radius 3 is 2.10 bits per heavy atom. The number of ether oxygens (including phenoxy) is 2. The molecule has 0 bridgehead atoms. The lowest BCUT2D eigenvalue weighted by Gasteiger charge is -2.47. The van der Waals surface area contributed by atoms with Gasteiger partial charge in [0.2, 0.25) is 0 Å². The van der Waals surface area contributed by atoms with Crippen LogP contribution >= 0.6 is 15.9 Å². The standard InChI is InChI=1S/C26H27BrN2O2/c1-20-16-26(23-14-9-15-28-17-23,31-19-22-12-7-4-8-13-22)29-25(2,24(20)27)30-18-21-10-5-3-6-11-21/h3-15,17,29H,16,18-19H2,1-2H3. The van der Waals surface area contributed by atoms with E-state index in [4.69, 9.17) is 9.47 Å². The van der Waals surface area contributed by atoms with Crippen molar-refractivity contribution in [3.63, 3.8) is 0 Å². The summed E-state index contributed by atoms with van der Waals surface area (Å²) in [4.78, 5) is 4.36. The summed E-state index contributed by atoms with van der Waals surface area (Å²) < 4.78 is 14.1. The van der Waals surface area contributed by atoms with E-state index in [9.17, 15) is 0 Å². The first kappa shape index (κ1) is 21.9. The molecule has 0 fully saturated rings. The molecule has 4 nitrogen and oxygen atoms in total. The molecule has 2 atom stereocenters. The molecule has 31 heavy (non-hydrogen) atoms. The van der Waals surface area contributed by atoms with Gasteiger partial charge in [0.15, 0.2) is 11.4 Å². The number of aromatic nitrogens is 1. The van der Waals surface area contributed by atoms with Crippen molar-refractivity contribution in [3.8, 4) is 0 Å². The van der Waals surface area contributed by atoms with Gasteiger partial charge >= 0.3 is 0 Å². The summed E-state index contributed by atoms with van der Waals surface area (Å²) in [6.45, 7) is 5.11. The highest BCUT2D eigenvalue weighted by Gasteiger charge is 2.47. The summed E-state index contributed by atoms with van der Waals surface area (Å²) in [5, 5.41) is 3.69. The Kier molecular flexibility index (Phi) is 6.68. The third kappa shape index (κ3) is 4.96. The zero-order valence-electron chi connectivity index (χ0n) is 17.8. The summed E-state index contributed by atoms with van der Waals surface area (Å²) in [5.74, 6) is 0. The van der Waals surface area contributed by atoms with Crippen molar-refractivity contribution in [3.05, 3.63) is 112 Å². The Hall–Kier alpha value is -2.31. The lowest BCUT2D eigenvalue weighted by atomic mass is 9.89. The van der Waals surface area contributed by atoms with E-state index < -0.39 is 11.4 Å². The first-order chi connectivity index (χ1) is 15.0. The van der Waals surface area contributed by atoms with E-state index in [-0.39, 0.29) is 0 Å². The van der Waals surface area contributed by atoms with Crippen molar-refractivity contribution in [1.29, 1.82) is 0 Å². The van der Waals surface area contributed by atoms with E-state index in [0.717, 1.165) is 21.2 Å².